The third kappa shape index (κ3) is 4.50. The highest BCUT2D eigenvalue weighted by molar-refractivity contribution is 9.10. The predicted molar refractivity (Wildman–Crippen MR) is 77.4 cm³/mol. The molecule has 0 saturated carbocycles. The summed E-state index contributed by atoms with van der Waals surface area (Å²) in [6.45, 7) is 6.56. The molecular formula is C13H17BBrF3O2. The Morgan fingerprint density at radius 2 is 1.65 bits per heavy atom. The Kier molecular flexibility index (Phi) is 4.99. The second-order valence-electron chi connectivity index (χ2n) is 5.70. The van der Waals surface area contributed by atoms with Crippen LogP contribution >= 0.6 is 15.9 Å². The van der Waals surface area contributed by atoms with Gasteiger partial charge in [0.2, 0.25) is 0 Å². The van der Waals surface area contributed by atoms with Gasteiger partial charge in [-0.25, -0.2) is 0 Å². The van der Waals surface area contributed by atoms with Crippen LogP contribution in [0.1, 0.15) is 33.3 Å². The molecule has 0 spiro atoms. The summed E-state index contributed by atoms with van der Waals surface area (Å²) in [5.74, 6) is 0. The van der Waals surface area contributed by atoms with Gasteiger partial charge in [0.15, 0.2) is 0 Å². The van der Waals surface area contributed by atoms with E-state index in [1.807, 2.05) is 0 Å². The van der Waals surface area contributed by atoms with Crippen LogP contribution in [0.5, 0.6) is 0 Å². The van der Waals surface area contributed by atoms with E-state index in [2.05, 4.69) is 15.9 Å². The maximum atomic E-state index is 12.7. The van der Waals surface area contributed by atoms with Crippen molar-refractivity contribution in [3.8, 4) is 0 Å². The Hall–Kier alpha value is -0.525. The van der Waals surface area contributed by atoms with Gasteiger partial charge >= 0.3 is 13.7 Å². The maximum absolute atomic E-state index is 12.7. The minimum atomic E-state index is -4.40. The molecule has 1 aromatic rings. The highest BCUT2D eigenvalue weighted by Crippen LogP contribution is 2.30. The normalized spacial score (nSPS) is 13.4. The molecule has 2 nitrogen and oxygen atoms in total. The molecule has 0 unspecified atom stereocenters. The number of benzene rings is 1. The Morgan fingerprint density at radius 1 is 1.10 bits per heavy atom. The quantitative estimate of drug-likeness (QED) is 0.844. The molecule has 0 radical (unpaired) electrons. The predicted octanol–water partition coefficient (Wildman–Crippen LogP) is 3.01. The van der Waals surface area contributed by atoms with Crippen LogP contribution in [0.25, 0.3) is 0 Å². The molecule has 0 aliphatic carbocycles. The van der Waals surface area contributed by atoms with Crippen LogP contribution in [0.15, 0.2) is 22.7 Å². The number of hydrogen-bond acceptors (Lipinski definition) is 2. The van der Waals surface area contributed by atoms with Gasteiger partial charge in [0.05, 0.1) is 16.8 Å². The van der Waals surface area contributed by atoms with Crippen molar-refractivity contribution in [3.63, 3.8) is 0 Å². The van der Waals surface area contributed by atoms with Gasteiger partial charge < -0.3 is 9.76 Å². The smallest absolute Gasteiger partial charge is 0.416 e. The van der Waals surface area contributed by atoms with Gasteiger partial charge in [-0.3, -0.25) is 0 Å². The van der Waals surface area contributed by atoms with Gasteiger partial charge in [-0.15, -0.1) is 0 Å². The molecular weight excluding hydrogens is 336 g/mol. The first-order chi connectivity index (χ1) is 8.83. The molecule has 0 bridgehead atoms. The molecule has 1 aromatic carbocycles. The topological polar surface area (TPSA) is 29.5 Å². The van der Waals surface area contributed by atoms with Crippen molar-refractivity contribution in [2.24, 2.45) is 0 Å². The second-order valence-corrected chi connectivity index (χ2v) is 6.62. The van der Waals surface area contributed by atoms with E-state index in [0.29, 0.717) is 9.94 Å². The molecule has 20 heavy (non-hydrogen) atoms. The zero-order chi connectivity index (χ0) is 15.8. The van der Waals surface area contributed by atoms with Crippen molar-refractivity contribution in [3.05, 3.63) is 28.2 Å². The number of aliphatic hydroxyl groups is 1. The van der Waals surface area contributed by atoms with Crippen LogP contribution in [-0.4, -0.2) is 23.8 Å². The summed E-state index contributed by atoms with van der Waals surface area (Å²) in [7, 11) is -0.0144. The van der Waals surface area contributed by atoms with Crippen molar-refractivity contribution >= 4 is 28.9 Å². The highest BCUT2D eigenvalue weighted by atomic mass is 79.9. The molecule has 0 aliphatic heterocycles. The van der Waals surface area contributed by atoms with Crippen molar-refractivity contribution in [1.29, 1.82) is 0 Å². The SMILES string of the molecule is CC(C)(O)C(C)(C)OBc1cc(Br)cc(C(F)(F)F)c1. The first-order valence-corrected chi connectivity index (χ1v) is 6.85. The lowest BCUT2D eigenvalue weighted by molar-refractivity contribution is -0.137. The first kappa shape index (κ1) is 17.5. The summed E-state index contributed by atoms with van der Waals surface area (Å²) >= 11 is 3.06. The standard InChI is InChI=1S/C13H17BBrF3O2/c1-11(2,19)12(3,4)20-14-9-5-8(13(16,17)18)6-10(15)7-9/h5-7,14,19H,1-4H3. The van der Waals surface area contributed by atoms with E-state index in [1.54, 1.807) is 33.8 Å². The lowest BCUT2D eigenvalue weighted by atomic mass is 9.82. The van der Waals surface area contributed by atoms with E-state index >= 15 is 0 Å². The zero-order valence-electron chi connectivity index (χ0n) is 11.8. The average molecular weight is 353 g/mol. The van der Waals surface area contributed by atoms with Gasteiger partial charge in [-0.05, 0) is 33.8 Å². The fourth-order valence-corrected chi connectivity index (χ4v) is 1.88. The molecule has 0 aromatic heterocycles. The van der Waals surface area contributed by atoms with Gasteiger partial charge in [0.25, 0.3) is 0 Å². The fraction of sp³-hybridized carbons (Fsp3) is 0.538. The summed E-state index contributed by atoms with van der Waals surface area (Å²) in [6, 6.07) is 3.63. The van der Waals surface area contributed by atoms with Gasteiger partial charge in [-0.1, -0.05) is 33.5 Å². The van der Waals surface area contributed by atoms with E-state index in [0.717, 1.165) is 12.1 Å². The van der Waals surface area contributed by atoms with Gasteiger partial charge in [0.1, 0.15) is 0 Å². The summed E-state index contributed by atoms with van der Waals surface area (Å²) in [5.41, 5.74) is -2.32. The minimum Gasteiger partial charge on any atom is -0.427 e. The van der Waals surface area contributed by atoms with Gasteiger partial charge in [0, 0.05) is 4.47 Å². The summed E-state index contributed by atoms with van der Waals surface area (Å²) < 4.78 is 44.0. The van der Waals surface area contributed by atoms with E-state index in [4.69, 9.17) is 4.65 Å². The van der Waals surface area contributed by atoms with Crippen LogP contribution < -0.4 is 5.46 Å². The Balaban J connectivity index is 2.92. The molecule has 0 aliphatic rings. The monoisotopic (exact) mass is 352 g/mol. The Bertz CT molecular complexity index is 481. The number of rotatable bonds is 4. The third-order valence-corrected chi connectivity index (χ3v) is 3.82. The third-order valence-electron chi connectivity index (χ3n) is 3.36. The van der Waals surface area contributed by atoms with E-state index in [-0.39, 0.29) is 7.48 Å². The van der Waals surface area contributed by atoms with Crippen LogP contribution in [0.3, 0.4) is 0 Å². The second kappa shape index (κ2) is 5.69. The molecule has 1 rings (SSSR count). The summed E-state index contributed by atoms with van der Waals surface area (Å²) in [4.78, 5) is 0. The zero-order valence-corrected chi connectivity index (χ0v) is 13.4. The van der Waals surface area contributed by atoms with Crippen LogP contribution in [-0.2, 0) is 10.8 Å². The molecule has 0 amide bonds. The molecule has 1 N–H and O–H groups in total. The minimum absolute atomic E-state index is 0.0144. The number of alkyl halides is 3. The van der Waals surface area contributed by atoms with Crippen molar-refractivity contribution in [2.45, 2.75) is 45.1 Å². The van der Waals surface area contributed by atoms with E-state index in [1.165, 1.54) is 0 Å². The van der Waals surface area contributed by atoms with E-state index < -0.39 is 22.9 Å². The molecule has 0 heterocycles. The van der Waals surface area contributed by atoms with Crippen LogP contribution in [0.2, 0.25) is 0 Å². The summed E-state index contributed by atoms with van der Waals surface area (Å²) in [6.07, 6.45) is -4.40. The summed E-state index contributed by atoms with van der Waals surface area (Å²) in [5, 5.41) is 9.95. The average Bonchev–Trinajstić information content (AvgIpc) is 2.23. The largest absolute Gasteiger partial charge is 0.427 e. The molecule has 0 atom stereocenters. The molecule has 112 valence electrons. The van der Waals surface area contributed by atoms with Crippen molar-refractivity contribution in [1.82, 2.24) is 0 Å². The highest BCUT2D eigenvalue weighted by Gasteiger charge is 2.36. The van der Waals surface area contributed by atoms with Crippen molar-refractivity contribution in [2.75, 3.05) is 0 Å². The van der Waals surface area contributed by atoms with Crippen molar-refractivity contribution < 1.29 is 22.9 Å². The molecule has 0 fully saturated rings. The molecule has 7 heteroatoms. The van der Waals surface area contributed by atoms with Crippen LogP contribution in [0, 0.1) is 0 Å². The lowest BCUT2D eigenvalue weighted by Gasteiger charge is -2.37. The fourth-order valence-electron chi connectivity index (χ4n) is 1.34. The van der Waals surface area contributed by atoms with Crippen LogP contribution in [0.4, 0.5) is 13.2 Å². The van der Waals surface area contributed by atoms with Gasteiger partial charge in [-0.2, -0.15) is 13.2 Å². The Labute approximate surface area is 125 Å². The Morgan fingerprint density at radius 3 is 2.10 bits per heavy atom. The first-order valence-electron chi connectivity index (χ1n) is 6.06. The number of halogens is 4. The number of hydrogen-bond donors (Lipinski definition) is 1. The lowest BCUT2D eigenvalue weighted by Crippen LogP contribution is -2.49. The molecule has 0 saturated heterocycles. The maximum Gasteiger partial charge on any atom is 0.416 e. The van der Waals surface area contributed by atoms with E-state index in [9.17, 15) is 18.3 Å².